The highest BCUT2D eigenvalue weighted by Gasteiger charge is 2.34. The molecule has 6 heteroatoms. The second-order valence-electron chi connectivity index (χ2n) is 5.60. The molecule has 1 heterocycles. The third kappa shape index (κ3) is 2.68. The number of benzene rings is 1. The topological polar surface area (TPSA) is 89.9 Å². The van der Waals surface area contributed by atoms with Crippen molar-refractivity contribution in [3.63, 3.8) is 0 Å². The first-order valence-corrected chi connectivity index (χ1v) is 6.37. The Kier molecular flexibility index (Phi) is 3.57. The number of carbonyl (C=O) groups is 2. The predicted molar refractivity (Wildman–Crippen MR) is 74.0 cm³/mol. The molecule has 1 aliphatic rings. The summed E-state index contributed by atoms with van der Waals surface area (Å²) in [5, 5.41) is 20.8. The SMILES string of the molecule is CC1(C)CN(C(=O)O)Cc2c(NCC(=O)O)cccc21. The Morgan fingerprint density at radius 1 is 1.35 bits per heavy atom. The predicted octanol–water partition coefficient (Wildman–Crippen LogP) is 1.95. The van der Waals surface area contributed by atoms with Gasteiger partial charge in [0.25, 0.3) is 0 Å². The lowest BCUT2D eigenvalue weighted by Gasteiger charge is -2.39. The summed E-state index contributed by atoms with van der Waals surface area (Å²) in [6, 6.07) is 5.62. The highest BCUT2D eigenvalue weighted by atomic mass is 16.4. The fourth-order valence-electron chi connectivity index (χ4n) is 2.67. The maximum atomic E-state index is 11.2. The zero-order valence-electron chi connectivity index (χ0n) is 11.5. The van der Waals surface area contributed by atoms with Crippen LogP contribution in [0, 0.1) is 0 Å². The van der Waals surface area contributed by atoms with Crippen LogP contribution >= 0.6 is 0 Å². The summed E-state index contributed by atoms with van der Waals surface area (Å²) >= 11 is 0. The molecular formula is C14H18N2O4. The van der Waals surface area contributed by atoms with E-state index in [0.29, 0.717) is 12.2 Å². The van der Waals surface area contributed by atoms with Gasteiger partial charge < -0.3 is 20.4 Å². The van der Waals surface area contributed by atoms with Crippen LogP contribution in [-0.2, 0) is 16.8 Å². The molecule has 0 atom stereocenters. The van der Waals surface area contributed by atoms with Crippen LogP contribution in [-0.4, -0.2) is 40.3 Å². The van der Waals surface area contributed by atoms with Crippen LogP contribution in [0.2, 0.25) is 0 Å². The fourth-order valence-corrected chi connectivity index (χ4v) is 2.67. The molecule has 0 radical (unpaired) electrons. The molecule has 20 heavy (non-hydrogen) atoms. The van der Waals surface area contributed by atoms with E-state index in [-0.39, 0.29) is 18.5 Å². The van der Waals surface area contributed by atoms with E-state index in [1.54, 1.807) is 6.07 Å². The molecule has 0 saturated carbocycles. The minimum atomic E-state index is -0.961. The second-order valence-corrected chi connectivity index (χ2v) is 5.60. The van der Waals surface area contributed by atoms with E-state index >= 15 is 0 Å². The van der Waals surface area contributed by atoms with Gasteiger partial charge in [-0.1, -0.05) is 26.0 Å². The van der Waals surface area contributed by atoms with Gasteiger partial charge in [0.05, 0.1) is 6.54 Å². The van der Waals surface area contributed by atoms with Crippen LogP contribution in [0.5, 0.6) is 0 Å². The van der Waals surface area contributed by atoms with Crippen LogP contribution in [0.25, 0.3) is 0 Å². The first-order valence-electron chi connectivity index (χ1n) is 6.37. The summed E-state index contributed by atoms with van der Waals surface area (Å²) < 4.78 is 0. The third-order valence-corrected chi connectivity index (χ3v) is 3.54. The van der Waals surface area contributed by atoms with E-state index in [1.165, 1.54) is 4.90 Å². The van der Waals surface area contributed by atoms with Crippen molar-refractivity contribution in [3.8, 4) is 0 Å². The first-order chi connectivity index (χ1) is 9.31. The Morgan fingerprint density at radius 2 is 2.05 bits per heavy atom. The van der Waals surface area contributed by atoms with Crippen LogP contribution in [0.3, 0.4) is 0 Å². The number of anilines is 1. The molecule has 1 aromatic rings. The zero-order valence-corrected chi connectivity index (χ0v) is 11.5. The van der Waals surface area contributed by atoms with Crippen molar-refractivity contribution in [1.29, 1.82) is 0 Å². The normalized spacial score (nSPS) is 16.4. The number of hydrogen-bond acceptors (Lipinski definition) is 3. The molecular weight excluding hydrogens is 260 g/mol. The Balaban J connectivity index is 2.40. The standard InChI is InChI=1S/C14H18N2O4/c1-14(2)8-16(13(19)20)7-9-10(14)4-3-5-11(9)15-6-12(17)18/h3-5,15H,6-8H2,1-2H3,(H,17,18)(H,19,20). The van der Waals surface area contributed by atoms with Crippen LogP contribution in [0.15, 0.2) is 18.2 Å². The van der Waals surface area contributed by atoms with Gasteiger partial charge in [-0.25, -0.2) is 4.79 Å². The molecule has 108 valence electrons. The Bertz CT molecular complexity index is 554. The molecule has 1 amide bonds. The van der Waals surface area contributed by atoms with E-state index in [9.17, 15) is 14.7 Å². The quantitative estimate of drug-likeness (QED) is 0.786. The van der Waals surface area contributed by atoms with Crippen molar-refractivity contribution in [1.82, 2.24) is 4.90 Å². The van der Waals surface area contributed by atoms with Gasteiger partial charge in [-0.15, -0.1) is 0 Å². The number of nitrogens with one attached hydrogen (secondary N) is 1. The Labute approximate surface area is 117 Å². The lowest BCUT2D eigenvalue weighted by atomic mass is 9.78. The molecule has 0 spiro atoms. The molecule has 0 bridgehead atoms. The number of rotatable bonds is 3. The number of fused-ring (bicyclic) bond motifs is 1. The number of carboxylic acid groups (broad SMARTS) is 2. The van der Waals surface area contributed by atoms with E-state index < -0.39 is 12.1 Å². The zero-order chi connectivity index (χ0) is 14.9. The van der Waals surface area contributed by atoms with Gasteiger partial charge in [0, 0.05) is 17.6 Å². The highest BCUT2D eigenvalue weighted by molar-refractivity contribution is 5.74. The molecule has 2 rings (SSSR count). The van der Waals surface area contributed by atoms with E-state index in [4.69, 9.17) is 5.11 Å². The molecule has 0 aromatic heterocycles. The van der Waals surface area contributed by atoms with Crippen LogP contribution < -0.4 is 5.32 Å². The summed E-state index contributed by atoms with van der Waals surface area (Å²) in [4.78, 5) is 23.3. The molecule has 6 nitrogen and oxygen atoms in total. The summed E-state index contributed by atoms with van der Waals surface area (Å²) in [6.45, 7) is 4.49. The first kappa shape index (κ1) is 14.2. The maximum absolute atomic E-state index is 11.2. The van der Waals surface area contributed by atoms with E-state index in [1.807, 2.05) is 26.0 Å². The van der Waals surface area contributed by atoms with Gasteiger partial charge in [-0.3, -0.25) is 4.79 Å². The molecule has 0 unspecified atom stereocenters. The third-order valence-electron chi connectivity index (χ3n) is 3.54. The summed E-state index contributed by atoms with van der Waals surface area (Å²) in [5.74, 6) is -0.951. The van der Waals surface area contributed by atoms with Gasteiger partial charge in [0.2, 0.25) is 0 Å². The highest BCUT2D eigenvalue weighted by Crippen LogP contribution is 2.36. The number of amides is 1. The van der Waals surface area contributed by atoms with Gasteiger partial charge >= 0.3 is 12.1 Å². The van der Waals surface area contributed by atoms with Crippen LogP contribution in [0.1, 0.15) is 25.0 Å². The number of carboxylic acids is 1. The molecule has 3 N–H and O–H groups in total. The van der Waals surface area contributed by atoms with Crippen molar-refractivity contribution in [3.05, 3.63) is 29.3 Å². The van der Waals surface area contributed by atoms with E-state index in [0.717, 1.165) is 11.1 Å². The summed E-state index contributed by atoms with van der Waals surface area (Å²) in [7, 11) is 0. The van der Waals surface area contributed by atoms with Gasteiger partial charge in [0.15, 0.2) is 0 Å². The van der Waals surface area contributed by atoms with E-state index in [2.05, 4.69) is 5.32 Å². The molecule has 1 aliphatic heterocycles. The van der Waals surface area contributed by atoms with Crippen molar-refractivity contribution in [2.24, 2.45) is 0 Å². The van der Waals surface area contributed by atoms with Crippen molar-refractivity contribution >= 4 is 17.7 Å². The Morgan fingerprint density at radius 3 is 2.65 bits per heavy atom. The monoisotopic (exact) mass is 278 g/mol. The van der Waals surface area contributed by atoms with Crippen molar-refractivity contribution in [2.75, 3.05) is 18.4 Å². The number of aliphatic carboxylic acids is 1. The summed E-state index contributed by atoms with van der Waals surface area (Å²) in [5.41, 5.74) is 2.30. The largest absolute Gasteiger partial charge is 0.480 e. The second kappa shape index (κ2) is 5.03. The molecule has 0 saturated heterocycles. The van der Waals surface area contributed by atoms with Gasteiger partial charge in [-0.05, 0) is 17.2 Å². The van der Waals surface area contributed by atoms with Gasteiger partial charge in [-0.2, -0.15) is 0 Å². The lowest BCUT2D eigenvalue weighted by molar-refractivity contribution is -0.134. The maximum Gasteiger partial charge on any atom is 0.407 e. The molecule has 0 aliphatic carbocycles. The van der Waals surface area contributed by atoms with Crippen LogP contribution in [0.4, 0.5) is 10.5 Å². The average Bonchev–Trinajstić information content (AvgIpc) is 2.35. The lowest BCUT2D eigenvalue weighted by Crippen LogP contribution is -2.44. The number of nitrogens with zero attached hydrogens (tertiary/aromatic N) is 1. The molecule has 1 aromatic carbocycles. The number of hydrogen-bond donors (Lipinski definition) is 3. The smallest absolute Gasteiger partial charge is 0.407 e. The average molecular weight is 278 g/mol. The summed E-state index contributed by atoms with van der Waals surface area (Å²) in [6.07, 6.45) is -0.961. The molecule has 0 fully saturated rings. The minimum Gasteiger partial charge on any atom is -0.480 e. The van der Waals surface area contributed by atoms with Crippen molar-refractivity contribution in [2.45, 2.75) is 25.8 Å². The van der Waals surface area contributed by atoms with Crippen molar-refractivity contribution < 1.29 is 19.8 Å². The minimum absolute atomic E-state index is 0.191. The van der Waals surface area contributed by atoms with Gasteiger partial charge in [0.1, 0.15) is 6.54 Å². The Hall–Kier alpha value is -2.24. The fraction of sp³-hybridized carbons (Fsp3) is 0.429.